The molecule has 0 spiro atoms. The number of aliphatic imine (C=N–C) groups is 1. The van der Waals surface area contributed by atoms with Crippen LogP contribution >= 0.6 is 11.6 Å². The van der Waals surface area contributed by atoms with E-state index in [1.54, 1.807) is 0 Å². The fourth-order valence-corrected chi connectivity index (χ4v) is 3.34. The molecular formula is C20H34ClN5O. The summed E-state index contributed by atoms with van der Waals surface area (Å²) in [5, 5.41) is 4.21. The average molecular weight is 396 g/mol. The lowest BCUT2D eigenvalue weighted by Crippen LogP contribution is -2.53. The largest absolute Gasteiger partial charge is 0.492 e. The molecule has 1 aromatic rings. The molecule has 152 valence electrons. The molecule has 7 heteroatoms. The van der Waals surface area contributed by atoms with Gasteiger partial charge in [0.25, 0.3) is 0 Å². The van der Waals surface area contributed by atoms with Crippen LogP contribution in [0.5, 0.6) is 5.75 Å². The Morgan fingerprint density at radius 2 is 1.93 bits per heavy atom. The van der Waals surface area contributed by atoms with Gasteiger partial charge < -0.3 is 19.9 Å². The molecule has 27 heavy (non-hydrogen) atoms. The molecule has 1 aromatic carbocycles. The highest BCUT2D eigenvalue weighted by Gasteiger charge is 2.20. The molecule has 1 aliphatic heterocycles. The SMILES string of the molecule is CCN1CCN(C(C)CNC(=NC)N(C)CCOc2ccc(Cl)cc2)CC1. The Morgan fingerprint density at radius 1 is 1.26 bits per heavy atom. The molecule has 1 aliphatic rings. The zero-order valence-electron chi connectivity index (χ0n) is 17.1. The number of ether oxygens (including phenoxy) is 1. The minimum Gasteiger partial charge on any atom is -0.492 e. The molecule has 6 nitrogen and oxygen atoms in total. The number of benzene rings is 1. The lowest BCUT2D eigenvalue weighted by Gasteiger charge is -2.38. The van der Waals surface area contributed by atoms with Crippen molar-refractivity contribution in [2.45, 2.75) is 19.9 Å². The molecule has 0 radical (unpaired) electrons. The number of guanidine groups is 1. The van der Waals surface area contributed by atoms with Gasteiger partial charge in [0.2, 0.25) is 0 Å². The normalized spacial score (nSPS) is 17.6. The Labute approximate surface area is 169 Å². The van der Waals surface area contributed by atoms with Gasteiger partial charge in [-0.25, -0.2) is 0 Å². The van der Waals surface area contributed by atoms with E-state index in [1.807, 2.05) is 38.4 Å². The van der Waals surface area contributed by atoms with Gasteiger partial charge in [0.1, 0.15) is 12.4 Å². The third-order valence-corrected chi connectivity index (χ3v) is 5.37. The van der Waals surface area contributed by atoms with Gasteiger partial charge in [-0.3, -0.25) is 9.89 Å². The monoisotopic (exact) mass is 395 g/mol. The van der Waals surface area contributed by atoms with Crippen molar-refractivity contribution in [3.05, 3.63) is 29.3 Å². The summed E-state index contributed by atoms with van der Waals surface area (Å²) >= 11 is 5.89. The number of nitrogens with zero attached hydrogens (tertiary/aromatic N) is 4. The molecule has 1 fully saturated rings. The van der Waals surface area contributed by atoms with Crippen LogP contribution in [0.15, 0.2) is 29.3 Å². The minimum absolute atomic E-state index is 0.486. The summed E-state index contributed by atoms with van der Waals surface area (Å²) < 4.78 is 5.77. The molecule has 0 amide bonds. The first-order valence-corrected chi connectivity index (χ1v) is 10.2. The molecule has 1 unspecified atom stereocenters. The van der Waals surface area contributed by atoms with Crippen LogP contribution in [0.3, 0.4) is 0 Å². The molecule has 0 aromatic heterocycles. The standard InChI is InChI=1S/C20H34ClN5O/c1-5-25-10-12-26(13-11-25)17(2)16-23-20(22-3)24(4)14-15-27-19-8-6-18(21)7-9-19/h6-9,17H,5,10-16H2,1-4H3,(H,22,23). The highest BCUT2D eigenvalue weighted by Crippen LogP contribution is 2.15. The summed E-state index contributed by atoms with van der Waals surface area (Å²) in [6, 6.07) is 7.93. The third-order valence-electron chi connectivity index (χ3n) is 5.12. The van der Waals surface area contributed by atoms with Crippen molar-refractivity contribution in [2.75, 3.05) is 66.5 Å². The van der Waals surface area contributed by atoms with Crippen molar-refractivity contribution < 1.29 is 4.74 Å². The average Bonchev–Trinajstić information content (AvgIpc) is 2.70. The second kappa shape index (κ2) is 11.4. The van der Waals surface area contributed by atoms with Crippen molar-refractivity contribution in [3.8, 4) is 5.75 Å². The van der Waals surface area contributed by atoms with Crippen LogP contribution in [0.25, 0.3) is 0 Å². The number of hydrogen-bond acceptors (Lipinski definition) is 4. The Hall–Kier alpha value is -1.50. The van der Waals surface area contributed by atoms with E-state index in [-0.39, 0.29) is 0 Å². The van der Waals surface area contributed by atoms with Gasteiger partial charge in [-0.2, -0.15) is 0 Å². The van der Waals surface area contributed by atoms with Crippen molar-refractivity contribution in [2.24, 2.45) is 4.99 Å². The summed E-state index contributed by atoms with van der Waals surface area (Å²) in [4.78, 5) is 11.5. The van der Waals surface area contributed by atoms with Crippen molar-refractivity contribution >= 4 is 17.6 Å². The van der Waals surface area contributed by atoms with E-state index in [9.17, 15) is 0 Å². The Morgan fingerprint density at radius 3 is 2.52 bits per heavy atom. The van der Waals surface area contributed by atoms with Crippen LogP contribution < -0.4 is 10.1 Å². The Kier molecular flexibility index (Phi) is 9.18. The van der Waals surface area contributed by atoms with Crippen molar-refractivity contribution in [1.29, 1.82) is 0 Å². The van der Waals surface area contributed by atoms with E-state index in [0.29, 0.717) is 17.7 Å². The maximum Gasteiger partial charge on any atom is 0.193 e. The van der Waals surface area contributed by atoms with Gasteiger partial charge >= 0.3 is 0 Å². The van der Waals surface area contributed by atoms with E-state index in [2.05, 4.69) is 38.9 Å². The molecule has 1 N–H and O–H groups in total. The van der Waals surface area contributed by atoms with E-state index in [1.165, 1.54) is 0 Å². The first kappa shape index (κ1) is 21.8. The molecule has 0 saturated carbocycles. The first-order chi connectivity index (χ1) is 13.0. The van der Waals surface area contributed by atoms with Crippen molar-refractivity contribution in [3.63, 3.8) is 0 Å². The Balaban J connectivity index is 1.69. The zero-order chi connectivity index (χ0) is 19.6. The minimum atomic E-state index is 0.486. The lowest BCUT2D eigenvalue weighted by atomic mass is 10.2. The summed E-state index contributed by atoms with van der Waals surface area (Å²) in [6.45, 7) is 12.5. The zero-order valence-corrected chi connectivity index (χ0v) is 17.9. The Bertz CT molecular complexity index is 572. The fourth-order valence-electron chi connectivity index (χ4n) is 3.21. The van der Waals surface area contributed by atoms with Crippen LogP contribution in [0.1, 0.15) is 13.8 Å². The molecule has 0 bridgehead atoms. The number of nitrogens with one attached hydrogen (secondary N) is 1. The van der Waals surface area contributed by atoms with E-state index in [0.717, 1.165) is 57.5 Å². The summed E-state index contributed by atoms with van der Waals surface area (Å²) in [5.74, 6) is 1.73. The van der Waals surface area contributed by atoms with E-state index >= 15 is 0 Å². The van der Waals surface area contributed by atoms with Crippen LogP contribution in [-0.2, 0) is 0 Å². The van der Waals surface area contributed by atoms with E-state index in [4.69, 9.17) is 16.3 Å². The first-order valence-electron chi connectivity index (χ1n) is 9.80. The van der Waals surface area contributed by atoms with Crippen molar-refractivity contribution in [1.82, 2.24) is 20.0 Å². The lowest BCUT2D eigenvalue weighted by molar-refractivity contribution is 0.107. The smallest absolute Gasteiger partial charge is 0.193 e. The third kappa shape index (κ3) is 7.20. The number of halogens is 1. The second-order valence-electron chi connectivity index (χ2n) is 6.97. The predicted octanol–water partition coefficient (Wildman–Crippen LogP) is 2.25. The molecule has 0 aliphatic carbocycles. The van der Waals surface area contributed by atoms with Gasteiger partial charge in [0.15, 0.2) is 5.96 Å². The summed E-state index contributed by atoms with van der Waals surface area (Å²) in [6.07, 6.45) is 0. The topological polar surface area (TPSA) is 43.3 Å². The molecule has 2 rings (SSSR count). The fraction of sp³-hybridized carbons (Fsp3) is 0.650. The quantitative estimate of drug-likeness (QED) is 0.540. The second-order valence-corrected chi connectivity index (χ2v) is 7.41. The van der Waals surface area contributed by atoms with Crippen LogP contribution in [0.2, 0.25) is 5.02 Å². The van der Waals surface area contributed by atoms with Gasteiger partial charge in [0, 0.05) is 57.9 Å². The van der Waals surface area contributed by atoms with Gasteiger partial charge in [-0.1, -0.05) is 18.5 Å². The van der Waals surface area contributed by atoms with Gasteiger partial charge in [-0.15, -0.1) is 0 Å². The maximum atomic E-state index is 5.89. The number of rotatable bonds is 8. The van der Waals surface area contributed by atoms with Gasteiger partial charge in [0.05, 0.1) is 6.54 Å². The highest BCUT2D eigenvalue weighted by molar-refractivity contribution is 6.30. The number of hydrogen-bond donors (Lipinski definition) is 1. The van der Waals surface area contributed by atoms with Crippen LogP contribution in [0.4, 0.5) is 0 Å². The molecule has 1 saturated heterocycles. The summed E-state index contributed by atoms with van der Waals surface area (Å²) in [5.41, 5.74) is 0. The van der Waals surface area contributed by atoms with Gasteiger partial charge in [-0.05, 0) is 37.7 Å². The number of piperazine rings is 1. The maximum absolute atomic E-state index is 5.89. The predicted molar refractivity (Wildman–Crippen MR) is 114 cm³/mol. The van der Waals surface area contributed by atoms with Crippen LogP contribution in [0, 0.1) is 0 Å². The summed E-state index contributed by atoms with van der Waals surface area (Å²) in [7, 11) is 3.86. The molecular weight excluding hydrogens is 362 g/mol. The van der Waals surface area contributed by atoms with Crippen LogP contribution in [-0.4, -0.2) is 93.2 Å². The molecule has 1 heterocycles. The highest BCUT2D eigenvalue weighted by atomic mass is 35.5. The molecule has 1 atom stereocenters. The van der Waals surface area contributed by atoms with E-state index < -0.39 is 0 Å². The number of likely N-dealkylation sites (N-methyl/N-ethyl adjacent to an activating group) is 2.